The highest BCUT2D eigenvalue weighted by Crippen LogP contribution is 2.33. The molecule has 0 aliphatic carbocycles. The molecule has 3 aliphatic heterocycles. The Morgan fingerprint density at radius 2 is 2.42 bits per heavy atom. The molecule has 0 spiro atoms. The molecule has 2 fully saturated rings. The van der Waals surface area contributed by atoms with Crippen LogP contribution in [0.1, 0.15) is 42.1 Å². The fraction of sp³-hybridized carbons (Fsp3) is 0.529. The third kappa shape index (κ3) is 2.43. The largest absolute Gasteiger partial charge is 0.437 e. The summed E-state index contributed by atoms with van der Waals surface area (Å²) in [5.74, 6) is 1.02. The summed E-state index contributed by atoms with van der Waals surface area (Å²) in [6, 6.07) is 2.74. The number of hydrogen-bond acceptors (Lipinski definition) is 6. The third-order valence-electron chi connectivity index (χ3n) is 5.31. The zero-order chi connectivity index (χ0) is 16.7. The SMILES string of the molecule is C[C@@H]1NC[C@H]2[C@@H]1CCN2C(=O)c1ncc(C2C=CN=C(C#N)C2)o1. The van der Waals surface area contributed by atoms with E-state index in [4.69, 9.17) is 9.68 Å². The van der Waals surface area contributed by atoms with Gasteiger partial charge in [-0.1, -0.05) is 6.08 Å². The molecule has 0 bridgehead atoms. The first-order valence-corrected chi connectivity index (χ1v) is 8.31. The second kappa shape index (κ2) is 5.87. The van der Waals surface area contributed by atoms with Gasteiger partial charge in [0.25, 0.3) is 5.89 Å². The number of nitriles is 1. The van der Waals surface area contributed by atoms with Gasteiger partial charge in [0.15, 0.2) is 0 Å². The van der Waals surface area contributed by atoms with Crippen LogP contribution in [0.2, 0.25) is 0 Å². The molecule has 4 atom stereocenters. The fourth-order valence-electron chi connectivity index (χ4n) is 3.95. The van der Waals surface area contributed by atoms with Gasteiger partial charge < -0.3 is 14.6 Å². The van der Waals surface area contributed by atoms with Gasteiger partial charge in [0, 0.05) is 43.7 Å². The Kier molecular flexibility index (Phi) is 3.69. The van der Waals surface area contributed by atoms with Crippen LogP contribution in [-0.2, 0) is 0 Å². The van der Waals surface area contributed by atoms with E-state index in [1.165, 1.54) is 0 Å². The van der Waals surface area contributed by atoms with Crippen molar-refractivity contribution in [2.75, 3.05) is 13.1 Å². The van der Waals surface area contributed by atoms with Crippen LogP contribution in [0.3, 0.4) is 0 Å². The van der Waals surface area contributed by atoms with Gasteiger partial charge in [-0.2, -0.15) is 5.26 Å². The molecule has 4 rings (SSSR count). The van der Waals surface area contributed by atoms with E-state index in [1.54, 1.807) is 12.4 Å². The van der Waals surface area contributed by atoms with Crippen LogP contribution in [-0.4, -0.2) is 46.7 Å². The number of carbonyl (C=O) groups is 1. The molecule has 0 aromatic carbocycles. The Morgan fingerprint density at radius 1 is 1.54 bits per heavy atom. The molecule has 3 aliphatic rings. The maximum atomic E-state index is 12.8. The minimum atomic E-state index is -0.140. The third-order valence-corrected chi connectivity index (χ3v) is 5.31. The topological polar surface area (TPSA) is 94.5 Å². The van der Waals surface area contributed by atoms with Crippen LogP contribution < -0.4 is 5.32 Å². The first-order chi connectivity index (χ1) is 11.7. The number of likely N-dealkylation sites (tertiary alicyclic amines) is 1. The van der Waals surface area contributed by atoms with Crippen LogP contribution in [0.4, 0.5) is 0 Å². The minimum absolute atomic E-state index is 0.0919. The molecule has 0 saturated carbocycles. The van der Waals surface area contributed by atoms with Crippen molar-refractivity contribution in [3.05, 3.63) is 30.1 Å². The quantitative estimate of drug-likeness (QED) is 0.888. The van der Waals surface area contributed by atoms with Crippen molar-refractivity contribution in [2.24, 2.45) is 10.9 Å². The standard InChI is InChI=1S/C17H19N5O2/c1-10-13-3-5-22(14(13)8-20-10)17(23)16-21-9-15(24-16)11-2-4-19-12(6-11)7-18/h2,4,9-11,13-14,20H,3,5-6,8H2,1H3/t10-,11?,13+,14-/m0/s1. The number of aliphatic imine (C=N–C) groups is 1. The molecule has 1 aromatic heterocycles. The second-order valence-electron chi connectivity index (χ2n) is 6.62. The summed E-state index contributed by atoms with van der Waals surface area (Å²) in [6.45, 7) is 3.76. The van der Waals surface area contributed by atoms with Crippen molar-refractivity contribution >= 4 is 11.6 Å². The van der Waals surface area contributed by atoms with Crippen molar-refractivity contribution in [1.82, 2.24) is 15.2 Å². The van der Waals surface area contributed by atoms with Gasteiger partial charge in [-0.15, -0.1) is 0 Å². The normalized spacial score (nSPS) is 31.7. The number of fused-ring (bicyclic) bond motifs is 1. The highest BCUT2D eigenvalue weighted by atomic mass is 16.4. The number of amides is 1. The van der Waals surface area contributed by atoms with E-state index in [0.717, 1.165) is 19.5 Å². The Hall–Kier alpha value is -2.46. The van der Waals surface area contributed by atoms with Gasteiger partial charge in [0.05, 0.1) is 6.20 Å². The number of rotatable bonds is 2. The number of nitrogens with one attached hydrogen (secondary N) is 1. The van der Waals surface area contributed by atoms with Crippen LogP contribution in [0, 0.1) is 17.2 Å². The molecular formula is C17H19N5O2. The lowest BCUT2D eigenvalue weighted by atomic mass is 9.98. The zero-order valence-electron chi connectivity index (χ0n) is 13.5. The van der Waals surface area contributed by atoms with Gasteiger partial charge in [-0.05, 0) is 19.3 Å². The fourth-order valence-corrected chi connectivity index (χ4v) is 3.95. The molecule has 2 saturated heterocycles. The molecule has 7 nitrogen and oxygen atoms in total. The van der Waals surface area contributed by atoms with Gasteiger partial charge in [-0.3, -0.25) is 9.79 Å². The van der Waals surface area contributed by atoms with E-state index in [1.807, 2.05) is 11.0 Å². The summed E-state index contributed by atoms with van der Waals surface area (Å²) in [4.78, 5) is 22.8. The number of oxazole rings is 1. The average Bonchev–Trinajstić information content (AvgIpc) is 3.32. The van der Waals surface area contributed by atoms with Gasteiger partial charge >= 0.3 is 5.91 Å². The number of nitrogens with zero attached hydrogens (tertiary/aromatic N) is 4. The van der Waals surface area contributed by atoms with E-state index in [9.17, 15) is 4.79 Å². The summed E-state index contributed by atoms with van der Waals surface area (Å²) in [5.41, 5.74) is 0.458. The smallest absolute Gasteiger partial charge is 0.310 e. The molecule has 1 N–H and O–H groups in total. The lowest BCUT2D eigenvalue weighted by molar-refractivity contribution is 0.0693. The predicted octanol–water partition coefficient (Wildman–Crippen LogP) is 1.46. The summed E-state index contributed by atoms with van der Waals surface area (Å²) in [6.07, 6.45) is 6.56. The van der Waals surface area contributed by atoms with Crippen LogP contribution in [0.25, 0.3) is 0 Å². The van der Waals surface area contributed by atoms with E-state index in [-0.39, 0.29) is 23.8 Å². The predicted molar refractivity (Wildman–Crippen MR) is 86.4 cm³/mol. The molecule has 1 amide bonds. The zero-order valence-corrected chi connectivity index (χ0v) is 13.5. The molecular weight excluding hydrogens is 306 g/mol. The molecule has 4 heterocycles. The van der Waals surface area contributed by atoms with Crippen molar-refractivity contribution in [2.45, 2.75) is 37.8 Å². The van der Waals surface area contributed by atoms with Crippen LogP contribution in [0.15, 0.2) is 27.9 Å². The molecule has 1 unspecified atom stereocenters. The summed E-state index contributed by atoms with van der Waals surface area (Å²) in [7, 11) is 0. The summed E-state index contributed by atoms with van der Waals surface area (Å²) < 4.78 is 5.73. The molecule has 24 heavy (non-hydrogen) atoms. The maximum Gasteiger partial charge on any atom is 0.310 e. The van der Waals surface area contributed by atoms with Crippen LogP contribution >= 0.6 is 0 Å². The monoisotopic (exact) mass is 325 g/mol. The Labute approximate surface area is 140 Å². The number of aromatic nitrogens is 1. The van der Waals surface area contributed by atoms with Crippen molar-refractivity contribution in [3.8, 4) is 6.07 Å². The van der Waals surface area contributed by atoms with Crippen molar-refractivity contribution in [1.29, 1.82) is 5.26 Å². The summed E-state index contributed by atoms with van der Waals surface area (Å²) in [5, 5.41) is 12.4. The Morgan fingerprint density at radius 3 is 3.25 bits per heavy atom. The van der Waals surface area contributed by atoms with E-state index < -0.39 is 0 Å². The van der Waals surface area contributed by atoms with Crippen molar-refractivity contribution < 1.29 is 9.21 Å². The van der Waals surface area contributed by atoms with Gasteiger partial charge in [0.2, 0.25) is 0 Å². The van der Waals surface area contributed by atoms with E-state index in [2.05, 4.69) is 28.3 Å². The summed E-state index contributed by atoms with van der Waals surface area (Å²) >= 11 is 0. The lowest BCUT2D eigenvalue weighted by Gasteiger charge is -2.21. The highest BCUT2D eigenvalue weighted by Gasteiger charge is 2.44. The number of allylic oxidation sites excluding steroid dienone is 1. The number of carbonyl (C=O) groups excluding carboxylic acids is 1. The van der Waals surface area contributed by atoms with Crippen LogP contribution in [0.5, 0.6) is 0 Å². The maximum absolute atomic E-state index is 12.8. The first-order valence-electron chi connectivity index (χ1n) is 8.31. The Bertz CT molecular complexity index is 759. The Balaban J connectivity index is 1.49. The van der Waals surface area contributed by atoms with Crippen molar-refractivity contribution in [3.63, 3.8) is 0 Å². The minimum Gasteiger partial charge on any atom is -0.437 e. The van der Waals surface area contributed by atoms with E-state index >= 15 is 0 Å². The lowest BCUT2D eigenvalue weighted by Crippen LogP contribution is -2.39. The molecule has 0 radical (unpaired) electrons. The molecule has 1 aromatic rings. The molecule has 124 valence electrons. The average molecular weight is 325 g/mol. The molecule has 7 heteroatoms. The highest BCUT2D eigenvalue weighted by molar-refractivity contribution is 6.00. The van der Waals surface area contributed by atoms with Gasteiger partial charge in [0.1, 0.15) is 17.5 Å². The van der Waals surface area contributed by atoms with Gasteiger partial charge in [-0.25, -0.2) is 4.98 Å². The first kappa shape index (κ1) is 15.1. The number of hydrogen-bond donors (Lipinski definition) is 1. The van der Waals surface area contributed by atoms with E-state index in [0.29, 0.717) is 29.9 Å². The second-order valence-corrected chi connectivity index (χ2v) is 6.62.